The molecule has 1 aliphatic heterocycles. The number of likely N-dealkylation sites (tertiary alicyclic amines) is 1. The third-order valence-electron chi connectivity index (χ3n) is 5.30. The summed E-state index contributed by atoms with van der Waals surface area (Å²) >= 11 is 2.57. The first-order valence-corrected chi connectivity index (χ1v) is 12.4. The van der Waals surface area contributed by atoms with E-state index in [1.165, 1.54) is 30.2 Å². The van der Waals surface area contributed by atoms with Crippen molar-refractivity contribution in [3.63, 3.8) is 0 Å². The fourth-order valence-electron chi connectivity index (χ4n) is 3.93. The smallest absolute Gasteiger partial charge is 0.325 e. The molecule has 0 saturated carbocycles. The van der Waals surface area contributed by atoms with E-state index in [1.54, 1.807) is 17.7 Å². The second-order valence-corrected chi connectivity index (χ2v) is 10.1. The van der Waals surface area contributed by atoms with Gasteiger partial charge in [-0.05, 0) is 36.5 Å². The summed E-state index contributed by atoms with van der Waals surface area (Å²) < 4.78 is 12.6. The van der Waals surface area contributed by atoms with Crippen LogP contribution in [0.1, 0.15) is 20.3 Å². The van der Waals surface area contributed by atoms with Crippen molar-refractivity contribution in [1.82, 2.24) is 9.47 Å². The number of carbonyl (C=O) groups excluding carboxylic acids is 3. The number of aromatic nitrogens is 1. The maximum absolute atomic E-state index is 12.5. The molecule has 1 fully saturated rings. The lowest BCUT2D eigenvalue weighted by Gasteiger charge is -2.35. The zero-order valence-corrected chi connectivity index (χ0v) is 20.5. The number of piperidine rings is 1. The number of benzene rings is 1. The van der Waals surface area contributed by atoms with E-state index in [4.69, 9.17) is 9.47 Å². The number of fused-ring (bicyclic) bond motifs is 1. The molecule has 1 aromatic heterocycles. The molecule has 0 spiro atoms. The fraction of sp³-hybridized carbons (Fsp3) is 0.545. The van der Waals surface area contributed by atoms with Crippen LogP contribution in [-0.4, -0.2) is 66.1 Å². The number of ether oxygens (including phenoxy) is 2. The number of methoxy groups -OCH3 is 2. The minimum Gasteiger partial charge on any atom is -0.497 e. The van der Waals surface area contributed by atoms with E-state index < -0.39 is 5.97 Å². The quantitative estimate of drug-likeness (QED) is 0.567. The Bertz CT molecular complexity index is 1050. The van der Waals surface area contributed by atoms with Crippen LogP contribution < -0.4 is 9.54 Å². The highest BCUT2D eigenvalue weighted by molar-refractivity contribution is 8.00. The molecule has 32 heavy (non-hydrogen) atoms. The molecule has 2 heterocycles. The maximum Gasteiger partial charge on any atom is 0.325 e. The third kappa shape index (κ3) is 6.13. The number of hydrogen-bond acceptors (Lipinski definition) is 7. The molecule has 2 aromatic rings. The number of carbonyl (C=O) groups is 3. The lowest BCUT2D eigenvalue weighted by molar-refractivity contribution is -0.141. The van der Waals surface area contributed by atoms with Crippen LogP contribution >= 0.6 is 23.1 Å². The number of thiazole rings is 1. The zero-order valence-electron chi connectivity index (χ0n) is 18.8. The number of rotatable bonds is 7. The maximum atomic E-state index is 12.5. The number of hydrogen-bond donors (Lipinski definition) is 0. The Balaban J connectivity index is 1.70. The Hall–Kier alpha value is -2.33. The largest absolute Gasteiger partial charge is 0.497 e. The van der Waals surface area contributed by atoms with Crippen LogP contribution in [0.15, 0.2) is 23.2 Å². The third-order valence-corrected chi connectivity index (χ3v) is 7.24. The van der Waals surface area contributed by atoms with E-state index in [-0.39, 0.29) is 29.9 Å². The molecule has 0 radical (unpaired) electrons. The monoisotopic (exact) mass is 479 g/mol. The van der Waals surface area contributed by atoms with Gasteiger partial charge in [0.25, 0.3) is 5.91 Å². The van der Waals surface area contributed by atoms with Gasteiger partial charge in [-0.2, -0.15) is 4.99 Å². The van der Waals surface area contributed by atoms with Crippen molar-refractivity contribution in [3.05, 3.63) is 23.0 Å². The Labute approximate surface area is 195 Å². The first-order valence-electron chi connectivity index (χ1n) is 10.5. The highest BCUT2D eigenvalue weighted by atomic mass is 32.2. The molecule has 2 atom stereocenters. The average molecular weight is 480 g/mol. The topological polar surface area (TPSA) is 90.2 Å². The summed E-state index contributed by atoms with van der Waals surface area (Å²) in [5.41, 5.74) is 0.768. The number of esters is 1. The normalized spacial score (nSPS) is 19.2. The minimum atomic E-state index is -0.431. The molecule has 1 aliphatic rings. The van der Waals surface area contributed by atoms with Gasteiger partial charge in [0.2, 0.25) is 5.91 Å². The van der Waals surface area contributed by atoms with Gasteiger partial charge in [0.05, 0.1) is 35.9 Å². The Morgan fingerprint density at radius 3 is 2.53 bits per heavy atom. The van der Waals surface area contributed by atoms with E-state index in [0.717, 1.165) is 29.7 Å². The van der Waals surface area contributed by atoms with Gasteiger partial charge in [-0.3, -0.25) is 14.4 Å². The van der Waals surface area contributed by atoms with Gasteiger partial charge in [-0.15, -0.1) is 11.8 Å². The molecule has 1 saturated heterocycles. The summed E-state index contributed by atoms with van der Waals surface area (Å²) in [4.78, 5) is 43.5. The summed E-state index contributed by atoms with van der Waals surface area (Å²) in [7, 11) is 2.90. The Morgan fingerprint density at radius 1 is 1.16 bits per heavy atom. The molecule has 174 valence electrons. The van der Waals surface area contributed by atoms with E-state index in [0.29, 0.717) is 22.4 Å². The number of thioether (sulfide) groups is 1. The fourth-order valence-corrected chi connectivity index (χ4v) is 5.71. The molecule has 2 unspecified atom stereocenters. The average Bonchev–Trinajstić information content (AvgIpc) is 3.08. The van der Waals surface area contributed by atoms with Crippen molar-refractivity contribution in [1.29, 1.82) is 0 Å². The van der Waals surface area contributed by atoms with E-state index in [2.05, 4.69) is 18.8 Å². The molecular formula is C22H29N3O5S2. The number of amides is 2. The highest BCUT2D eigenvalue weighted by Gasteiger charge is 2.25. The first-order chi connectivity index (χ1) is 15.3. The molecule has 0 aliphatic carbocycles. The van der Waals surface area contributed by atoms with Crippen molar-refractivity contribution < 1.29 is 23.9 Å². The predicted octanol–water partition coefficient (Wildman–Crippen LogP) is 2.55. The van der Waals surface area contributed by atoms with Gasteiger partial charge in [-0.1, -0.05) is 25.2 Å². The van der Waals surface area contributed by atoms with Gasteiger partial charge in [0.1, 0.15) is 12.3 Å². The number of nitrogens with zero attached hydrogens (tertiary/aromatic N) is 3. The molecular weight excluding hydrogens is 450 g/mol. The molecule has 10 heteroatoms. The van der Waals surface area contributed by atoms with E-state index in [1.807, 2.05) is 17.0 Å². The molecule has 2 amide bonds. The summed E-state index contributed by atoms with van der Waals surface area (Å²) in [5, 5.41) is 0. The van der Waals surface area contributed by atoms with Gasteiger partial charge in [-0.25, -0.2) is 0 Å². The highest BCUT2D eigenvalue weighted by Crippen LogP contribution is 2.24. The van der Waals surface area contributed by atoms with Gasteiger partial charge < -0.3 is 18.9 Å². The van der Waals surface area contributed by atoms with Crippen LogP contribution in [-0.2, 0) is 25.7 Å². The molecule has 3 rings (SSSR count). The van der Waals surface area contributed by atoms with Crippen LogP contribution in [0, 0.1) is 11.8 Å². The molecule has 8 nitrogen and oxygen atoms in total. The van der Waals surface area contributed by atoms with Crippen LogP contribution in [0.3, 0.4) is 0 Å². The van der Waals surface area contributed by atoms with Crippen LogP contribution in [0.2, 0.25) is 0 Å². The second kappa shape index (κ2) is 11.0. The van der Waals surface area contributed by atoms with Gasteiger partial charge >= 0.3 is 5.97 Å². The van der Waals surface area contributed by atoms with Crippen LogP contribution in [0.4, 0.5) is 0 Å². The van der Waals surface area contributed by atoms with Crippen molar-refractivity contribution in [2.45, 2.75) is 26.8 Å². The molecule has 0 bridgehead atoms. The van der Waals surface area contributed by atoms with E-state index in [9.17, 15) is 14.4 Å². The standard InChI is InChI=1S/C22H29N3O5S2/c1-14-7-15(2)10-24(9-14)20(27)13-31-12-19(26)23-22-25(11-21(28)30-4)17-6-5-16(29-3)8-18(17)32-22/h5-6,8,14-15H,7,9-13H2,1-4H3. The predicted molar refractivity (Wildman–Crippen MR) is 126 cm³/mol. The van der Waals surface area contributed by atoms with Crippen LogP contribution in [0.5, 0.6) is 5.75 Å². The van der Waals surface area contributed by atoms with Gasteiger partial charge in [0, 0.05) is 13.1 Å². The summed E-state index contributed by atoms with van der Waals surface area (Å²) in [6, 6.07) is 5.45. The Morgan fingerprint density at radius 2 is 1.88 bits per heavy atom. The SMILES string of the molecule is COC(=O)Cn1c(=NC(=O)CSCC(=O)N2CC(C)CC(C)C2)sc2cc(OC)ccc21. The van der Waals surface area contributed by atoms with Crippen molar-refractivity contribution >= 4 is 51.1 Å². The summed E-state index contributed by atoms with van der Waals surface area (Å²) in [5.74, 6) is 1.32. The van der Waals surface area contributed by atoms with E-state index >= 15 is 0 Å². The minimum absolute atomic E-state index is 0.0497. The first kappa shape index (κ1) is 24.3. The van der Waals surface area contributed by atoms with Crippen molar-refractivity contribution in [2.24, 2.45) is 16.8 Å². The van der Waals surface area contributed by atoms with Gasteiger partial charge in [0.15, 0.2) is 4.80 Å². The Kier molecular flexibility index (Phi) is 8.36. The second-order valence-electron chi connectivity index (χ2n) is 8.12. The lowest BCUT2D eigenvalue weighted by Crippen LogP contribution is -2.43. The van der Waals surface area contributed by atoms with Crippen molar-refractivity contribution in [3.8, 4) is 5.75 Å². The summed E-state index contributed by atoms with van der Waals surface area (Å²) in [6.45, 7) is 5.83. The summed E-state index contributed by atoms with van der Waals surface area (Å²) in [6.07, 6.45) is 1.14. The van der Waals surface area contributed by atoms with Crippen molar-refractivity contribution in [2.75, 3.05) is 38.8 Å². The molecule has 1 aromatic carbocycles. The zero-order chi connectivity index (χ0) is 23.3. The van der Waals surface area contributed by atoms with Crippen LogP contribution in [0.25, 0.3) is 10.2 Å². The molecule has 0 N–H and O–H groups in total. The lowest BCUT2D eigenvalue weighted by atomic mass is 9.92.